The van der Waals surface area contributed by atoms with Crippen LogP contribution >= 0.6 is 11.6 Å². The van der Waals surface area contributed by atoms with Crippen molar-refractivity contribution >= 4 is 34.4 Å². The van der Waals surface area contributed by atoms with E-state index in [4.69, 9.17) is 31.4 Å². The van der Waals surface area contributed by atoms with Crippen LogP contribution in [-0.2, 0) is 22.4 Å². The van der Waals surface area contributed by atoms with Crippen LogP contribution in [0.2, 0.25) is 5.02 Å². The number of fused-ring (bicyclic) bond motifs is 2. The smallest absolute Gasteiger partial charge is 0.414 e. The van der Waals surface area contributed by atoms with Gasteiger partial charge in [0.15, 0.2) is 0 Å². The number of hydrogen-bond donors (Lipinski definition) is 3. The first-order chi connectivity index (χ1) is 15.4. The molecule has 1 aliphatic carbocycles. The van der Waals surface area contributed by atoms with Crippen molar-refractivity contribution in [2.45, 2.75) is 31.6 Å². The average Bonchev–Trinajstić information content (AvgIpc) is 3.37. The maximum absolute atomic E-state index is 9.10. The number of aliphatic carboxylic acids is 2. The molecule has 3 aromatic rings. The van der Waals surface area contributed by atoms with Crippen molar-refractivity contribution in [3.63, 3.8) is 0 Å². The molecular formula is C25H27ClN2O4. The van der Waals surface area contributed by atoms with Crippen LogP contribution in [0.4, 0.5) is 0 Å². The summed E-state index contributed by atoms with van der Waals surface area (Å²) in [6.45, 7) is 3.69. The molecule has 0 amide bonds. The molecule has 0 spiro atoms. The van der Waals surface area contributed by atoms with E-state index in [2.05, 4.69) is 46.4 Å². The zero-order chi connectivity index (χ0) is 22.7. The first kappa shape index (κ1) is 22.4. The van der Waals surface area contributed by atoms with Crippen LogP contribution in [0.3, 0.4) is 0 Å². The summed E-state index contributed by atoms with van der Waals surface area (Å²) in [5.74, 6) is -2.17. The van der Waals surface area contributed by atoms with E-state index in [1.165, 1.54) is 61.8 Å². The van der Waals surface area contributed by atoms with Crippen molar-refractivity contribution in [1.82, 2.24) is 9.88 Å². The van der Waals surface area contributed by atoms with Gasteiger partial charge in [-0.1, -0.05) is 41.9 Å². The Balaban J connectivity index is 0.000000363. The van der Waals surface area contributed by atoms with Gasteiger partial charge in [-0.15, -0.1) is 0 Å². The molecule has 2 aromatic carbocycles. The Morgan fingerprint density at radius 3 is 2.22 bits per heavy atom. The van der Waals surface area contributed by atoms with Gasteiger partial charge >= 0.3 is 11.9 Å². The molecule has 2 aliphatic rings. The highest BCUT2D eigenvalue weighted by Gasteiger charge is 2.27. The molecule has 1 aliphatic heterocycles. The minimum absolute atomic E-state index is 0.668. The first-order valence-corrected chi connectivity index (χ1v) is 11.3. The summed E-state index contributed by atoms with van der Waals surface area (Å²) in [6.07, 6.45) is 7.25. The second-order valence-electron chi connectivity index (χ2n) is 8.66. The molecule has 0 saturated carbocycles. The van der Waals surface area contributed by atoms with E-state index in [0.717, 1.165) is 10.9 Å². The summed E-state index contributed by atoms with van der Waals surface area (Å²) < 4.78 is 0. The second-order valence-corrected chi connectivity index (χ2v) is 9.10. The molecule has 1 aromatic heterocycles. The largest absolute Gasteiger partial charge is 0.473 e. The van der Waals surface area contributed by atoms with E-state index in [1.54, 1.807) is 11.1 Å². The van der Waals surface area contributed by atoms with E-state index in [1.807, 2.05) is 12.1 Å². The molecule has 0 bridgehead atoms. The van der Waals surface area contributed by atoms with Gasteiger partial charge in [-0.05, 0) is 79.4 Å². The highest BCUT2D eigenvalue weighted by Crippen LogP contribution is 2.35. The predicted molar refractivity (Wildman–Crippen MR) is 124 cm³/mol. The maximum Gasteiger partial charge on any atom is 0.414 e. The first-order valence-electron chi connectivity index (χ1n) is 10.9. The van der Waals surface area contributed by atoms with Crippen LogP contribution in [0.25, 0.3) is 10.9 Å². The van der Waals surface area contributed by atoms with Crippen molar-refractivity contribution in [2.75, 3.05) is 19.6 Å². The van der Waals surface area contributed by atoms with Crippen molar-refractivity contribution in [2.24, 2.45) is 5.92 Å². The standard InChI is InChI=1S/C23H25ClN2.C2H2O4/c24-20-5-6-21-22(14-25-23(21)13-20)17-7-9-26(10-8-17)15-16-11-18-3-1-2-4-19(18)12-16;3-1(4)2(5)6/h1-6,13-14,16-17,25H,7-12,15H2;(H,3,4)(H,5,6). The number of halogens is 1. The van der Waals surface area contributed by atoms with Crippen molar-refractivity contribution in [1.29, 1.82) is 0 Å². The van der Waals surface area contributed by atoms with Gasteiger partial charge < -0.3 is 20.1 Å². The number of carboxylic acid groups (broad SMARTS) is 2. The van der Waals surface area contributed by atoms with Crippen LogP contribution in [0.1, 0.15) is 35.4 Å². The number of piperidine rings is 1. The highest BCUT2D eigenvalue weighted by atomic mass is 35.5. The van der Waals surface area contributed by atoms with Crippen LogP contribution in [0.15, 0.2) is 48.7 Å². The summed E-state index contributed by atoms with van der Waals surface area (Å²) in [5.41, 5.74) is 5.79. The third-order valence-corrected chi connectivity index (χ3v) is 6.77. The molecule has 0 atom stereocenters. The Labute approximate surface area is 191 Å². The van der Waals surface area contributed by atoms with Gasteiger partial charge in [0.05, 0.1) is 0 Å². The fourth-order valence-electron chi connectivity index (χ4n) is 5.03. The van der Waals surface area contributed by atoms with E-state index in [9.17, 15) is 0 Å². The zero-order valence-corrected chi connectivity index (χ0v) is 18.5. The molecule has 0 radical (unpaired) electrons. The zero-order valence-electron chi connectivity index (χ0n) is 17.8. The van der Waals surface area contributed by atoms with Crippen molar-refractivity contribution < 1.29 is 19.8 Å². The van der Waals surface area contributed by atoms with Crippen LogP contribution in [0, 0.1) is 5.92 Å². The molecule has 0 unspecified atom stereocenters. The molecule has 5 rings (SSSR count). The minimum atomic E-state index is -1.82. The number of hydrogen-bond acceptors (Lipinski definition) is 3. The van der Waals surface area contributed by atoms with Gasteiger partial charge in [0, 0.05) is 28.7 Å². The third-order valence-electron chi connectivity index (χ3n) is 6.54. The Bertz CT molecular complexity index is 1080. The number of H-pyrrole nitrogens is 1. The lowest BCUT2D eigenvalue weighted by molar-refractivity contribution is -0.159. The topological polar surface area (TPSA) is 93.6 Å². The van der Waals surface area contributed by atoms with Gasteiger partial charge in [0.2, 0.25) is 0 Å². The monoisotopic (exact) mass is 454 g/mol. The molecule has 2 heterocycles. The van der Waals surface area contributed by atoms with E-state index < -0.39 is 11.9 Å². The number of nitrogens with zero attached hydrogens (tertiary/aromatic N) is 1. The summed E-state index contributed by atoms with van der Waals surface area (Å²) in [7, 11) is 0. The van der Waals surface area contributed by atoms with Crippen LogP contribution in [0.5, 0.6) is 0 Å². The number of carbonyl (C=O) groups is 2. The van der Waals surface area contributed by atoms with Crippen molar-refractivity contribution in [3.05, 3.63) is 70.4 Å². The highest BCUT2D eigenvalue weighted by molar-refractivity contribution is 6.31. The predicted octanol–water partition coefficient (Wildman–Crippen LogP) is 4.57. The Hall–Kier alpha value is -2.83. The SMILES string of the molecule is Clc1ccc2c(C3CCN(CC4Cc5ccccc5C4)CC3)c[nH]c2c1.O=C(O)C(=O)O. The molecule has 1 fully saturated rings. The maximum atomic E-state index is 9.10. The minimum Gasteiger partial charge on any atom is -0.473 e. The van der Waals surface area contributed by atoms with Gasteiger partial charge in [0.25, 0.3) is 0 Å². The lowest BCUT2D eigenvalue weighted by Crippen LogP contribution is -2.36. The van der Waals surface area contributed by atoms with E-state index in [-0.39, 0.29) is 0 Å². The number of aromatic nitrogens is 1. The molecule has 7 heteroatoms. The quantitative estimate of drug-likeness (QED) is 0.504. The Kier molecular flexibility index (Phi) is 6.82. The third kappa shape index (κ3) is 5.14. The van der Waals surface area contributed by atoms with Gasteiger partial charge in [-0.3, -0.25) is 0 Å². The molecule has 3 N–H and O–H groups in total. The fourth-order valence-corrected chi connectivity index (χ4v) is 5.20. The van der Waals surface area contributed by atoms with Crippen LogP contribution in [-0.4, -0.2) is 51.7 Å². The Morgan fingerprint density at radius 2 is 1.62 bits per heavy atom. The number of benzene rings is 2. The number of aromatic amines is 1. The Morgan fingerprint density at radius 1 is 1.00 bits per heavy atom. The fraction of sp³-hybridized carbons (Fsp3) is 0.360. The average molecular weight is 455 g/mol. The number of carboxylic acids is 2. The lowest BCUT2D eigenvalue weighted by atomic mass is 9.88. The summed E-state index contributed by atoms with van der Waals surface area (Å²) in [4.78, 5) is 24.3. The number of rotatable bonds is 3. The number of likely N-dealkylation sites (tertiary alicyclic amines) is 1. The van der Waals surface area contributed by atoms with Crippen LogP contribution < -0.4 is 0 Å². The molecule has 32 heavy (non-hydrogen) atoms. The molecule has 168 valence electrons. The number of nitrogens with one attached hydrogen (secondary N) is 1. The summed E-state index contributed by atoms with van der Waals surface area (Å²) in [6, 6.07) is 15.2. The molecule has 6 nitrogen and oxygen atoms in total. The normalized spacial score (nSPS) is 17.0. The second kappa shape index (κ2) is 9.76. The van der Waals surface area contributed by atoms with Gasteiger partial charge in [-0.25, -0.2) is 9.59 Å². The summed E-state index contributed by atoms with van der Waals surface area (Å²) >= 11 is 6.12. The van der Waals surface area contributed by atoms with Gasteiger partial charge in [0.1, 0.15) is 0 Å². The van der Waals surface area contributed by atoms with E-state index >= 15 is 0 Å². The molecular weight excluding hydrogens is 428 g/mol. The van der Waals surface area contributed by atoms with Crippen molar-refractivity contribution in [3.8, 4) is 0 Å². The molecule has 1 saturated heterocycles. The van der Waals surface area contributed by atoms with Gasteiger partial charge in [-0.2, -0.15) is 0 Å². The van der Waals surface area contributed by atoms with E-state index in [0.29, 0.717) is 5.92 Å². The summed E-state index contributed by atoms with van der Waals surface area (Å²) in [5, 5.41) is 16.9. The lowest BCUT2D eigenvalue weighted by Gasteiger charge is -2.33.